The molecule has 1 aromatic carbocycles. The van der Waals surface area contributed by atoms with Gasteiger partial charge in [0.25, 0.3) is 0 Å². The average molecular weight is 367 g/mol. The van der Waals surface area contributed by atoms with Crippen molar-refractivity contribution >= 4 is 21.6 Å². The minimum atomic E-state index is -3.43. The first-order chi connectivity index (χ1) is 11.9. The van der Waals surface area contributed by atoms with Gasteiger partial charge in [-0.2, -0.15) is 0 Å². The molecule has 1 fully saturated rings. The van der Waals surface area contributed by atoms with Gasteiger partial charge < -0.3 is 4.90 Å². The molecule has 0 radical (unpaired) electrons. The van der Waals surface area contributed by atoms with Crippen molar-refractivity contribution in [3.63, 3.8) is 0 Å². The maximum Gasteiger partial charge on any atom is 0.232 e. The number of hydrogen-bond acceptors (Lipinski definition) is 3. The van der Waals surface area contributed by atoms with Gasteiger partial charge in [-0.3, -0.25) is 9.10 Å². The SMILES string of the molecule is CCc1ccccc1N(CCC(=O)N1CCCCC1CC)S(C)(=O)=O. The molecule has 140 valence electrons. The van der Waals surface area contributed by atoms with Crippen LogP contribution < -0.4 is 4.31 Å². The van der Waals surface area contributed by atoms with Crippen LogP contribution in [0.2, 0.25) is 0 Å². The standard InChI is InChI=1S/C19H30N2O3S/c1-4-16-10-6-7-12-18(16)21(25(3,23)24)15-13-19(22)20-14-9-8-11-17(20)5-2/h6-7,10,12,17H,4-5,8-9,11,13-15H2,1-3H3. The molecule has 0 saturated carbocycles. The highest BCUT2D eigenvalue weighted by atomic mass is 32.2. The molecule has 0 bridgehead atoms. The average Bonchev–Trinajstić information content (AvgIpc) is 2.60. The summed E-state index contributed by atoms with van der Waals surface area (Å²) in [5, 5.41) is 0. The molecule has 1 aliphatic heterocycles. The maximum atomic E-state index is 12.7. The number of hydrogen-bond donors (Lipinski definition) is 0. The number of rotatable bonds is 7. The molecule has 2 rings (SSSR count). The van der Waals surface area contributed by atoms with Crippen LogP contribution in [0.5, 0.6) is 0 Å². The van der Waals surface area contributed by atoms with Crippen molar-refractivity contribution in [1.82, 2.24) is 4.90 Å². The molecule has 0 aliphatic carbocycles. The highest BCUT2D eigenvalue weighted by Gasteiger charge is 2.27. The number of amides is 1. The summed E-state index contributed by atoms with van der Waals surface area (Å²) in [5.41, 5.74) is 1.66. The van der Waals surface area contributed by atoms with Crippen LogP contribution >= 0.6 is 0 Å². The summed E-state index contributed by atoms with van der Waals surface area (Å²) in [4.78, 5) is 14.6. The van der Waals surface area contributed by atoms with Crippen LogP contribution in [0.25, 0.3) is 0 Å². The summed E-state index contributed by atoms with van der Waals surface area (Å²) >= 11 is 0. The lowest BCUT2D eigenvalue weighted by molar-refractivity contribution is -0.134. The second-order valence-corrected chi connectivity index (χ2v) is 8.62. The van der Waals surface area contributed by atoms with Crippen molar-refractivity contribution < 1.29 is 13.2 Å². The molecule has 1 heterocycles. The van der Waals surface area contributed by atoms with Gasteiger partial charge in [0.2, 0.25) is 15.9 Å². The lowest BCUT2D eigenvalue weighted by Crippen LogP contribution is -2.45. The van der Waals surface area contributed by atoms with Crippen molar-refractivity contribution in [2.75, 3.05) is 23.7 Å². The molecule has 1 saturated heterocycles. The Morgan fingerprint density at radius 3 is 2.60 bits per heavy atom. The predicted octanol–water partition coefficient (Wildman–Crippen LogP) is 3.20. The van der Waals surface area contributed by atoms with Crippen LogP contribution in [0.3, 0.4) is 0 Å². The third kappa shape index (κ3) is 4.97. The molecule has 1 aliphatic rings. The van der Waals surface area contributed by atoms with Crippen LogP contribution in [0, 0.1) is 0 Å². The molecule has 1 aromatic rings. The van der Waals surface area contributed by atoms with Gasteiger partial charge in [0.15, 0.2) is 0 Å². The van der Waals surface area contributed by atoms with E-state index in [9.17, 15) is 13.2 Å². The Morgan fingerprint density at radius 2 is 1.96 bits per heavy atom. The number of anilines is 1. The van der Waals surface area contributed by atoms with Gasteiger partial charge >= 0.3 is 0 Å². The van der Waals surface area contributed by atoms with Crippen LogP contribution in [0.15, 0.2) is 24.3 Å². The highest BCUT2D eigenvalue weighted by Crippen LogP contribution is 2.25. The van der Waals surface area contributed by atoms with Crippen molar-refractivity contribution in [2.45, 2.75) is 58.4 Å². The first-order valence-corrected chi connectivity index (χ1v) is 11.1. The fourth-order valence-corrected chi connectivity index (χ4v) is 4.57. The van der Waals surface area contributed by atoms with Gasteiger partial charge in [0.05, 0.1) is 11.9 Å². The Kier molecular flexibility index (Phi) is 6.87. The second kappa shape index (κ2) is 8.70. The molecule has 1 atom stereocenters. The number of carbonyl (C=O) groups excluding carboxylic acids is 1. The molecule has 5 nitrogen and oxygen atoms in total. The third-order valence-corrected chi connectivity index (χ3v) is 6.17. The van der Waals surface area contributed by atoms with E-state index in [1.54, 1.807) is 0 Å². The Hall–Kier alpha value is -1.56. The largest absolute Gasteiger partial charge is 0.340 e. The number of piperidine rings is 1. The number of para-hydroxylation sites is 1. The fraction of sp³-hybridized carbons (Fsp3) is 0.632. The van der Waals surface area contributed by atoms with Gasteiger partial charge in [0, 0.05) is 25.6 Å². The van der Waals surface area contributed by atoms with Crippen molar-refractivity contribution in [3.05, 3.63) is 29.8 Å². The lowest BCUT2D eigenvalue weighted by atomic mass is 9.99. The van der Waals surface area contributed by atoms with Crippen molar-refractivity contribution in [3.8, 4) is 0 Å². The van der Waals surface area contributed by atoms with E-state index >= 15 is 0 Å². The van der Waals surface area contributed by atoms with Gasteiger partial charge in [0.1, 0.15) is 0 Å². The molecular formula is C19H30N2O3S. The fourth-order valence-electron chi connectivity index (χ4n) is 3.61. The monoisotopic (exact) mass is 366 g/mol. The highest BCUT2D eigenvalue weighted by molar-refractivity contribution is 7.92. The molecule has 25 heavy (non-hydrogen) atoms. The molecule has 1 amide bonds. The van der Waals surface area contributed by atoms with Crippen molar-refractivity contribution in [2.24, 2.45) is 0 Å². The van der Waals surface area contributed by atoms with Crippen molar-refractivity contribution in [1.29, 1.82) is 0 Å². The summed E-state index contributed by atoms with van der Waals surface area (Å²) in [7, 11) is -3.43. The van der Waals surface area contributed by atoms with E-state index in [-0.39, 0.29) is 18.9 Å². The van der Waals surface area contributed by atoms with Gasteiger partial charge in [-0.1, -0.05) is 32.0 Å². The van der Waals surface area contributed by atoms with E-state index in [1.807, 2.05) is 36.1 Å². The summed E-state index contributed by atoms with van der Waals surface area (Å²) in [6.45, 7) is 5.10. The number of benzene rings is 1. The zero-order valence-corrected chi connectivity index (χ0v) is 16.4. The molecule has 0 spiro atoms. The Morgan fingerprint density at radius 1 is 1.24 bits per heavy atom. The van der Waals surface area contributed by atoms with Crippen LogP contribution in [-0.2, 0) is 21.2 Å². The smallest absolute Gasteiger partial charge is 0.232 e. The Bertz CT molecular complexity index is 688. The summed E-state index contributed by atoms with van der Waals surface area (Å²) in [6, 6.07) is 7.81. The van der Waals surface area contributed by atoms with E-state index in [4.69, 9.17) is 0 Å². The minimum absolute atomic E-state index is 0.0641. The van der Waals surface area contributed by atoms with E-state index in [0.717, 1.165) is 37.8 Å². The summed E-state index contributed by atoms with van der Waals surface area (Å²) in [5.74, 6) is 0.0641. The van der Waals surface area contributed by atoms with E-state index in [1.165, 1.54) is 17.0 Å². The number of sulfonamides is 1. The molecule has 0 N–H and O–H groups in total. The molecular weight excluding hydrogens is 336 g/mol. The van der Waals surface area contributed by atoms with Gasteiger partial charge in [-0.05, 0) is 43.7 Å². The first kappa shape index (κ1) is 19.8. The molecule has 0 aromatic heterocycles. The zero-order chi connectivity index (χ0) is 18.4. The van der Waals surface area contributed by atoms with Crippen LogP contribution in [0.1, 0.15) is 51.5 Å². The number of aryl methyl sites for hydroxylation is 1. The normalized spacial score (nSPS) is 18.2. The van der Waals surface area contributed by atoms with E-state index in [0.29, 0.717) is 11.7 Å². The Labute approximate surface area is 152 Å². The third-order valence-electron chi connectivity index (χ3n) is 4.99. The first-order valence-electron chi connectivity index (χ1n) is 9.23. The topological polar surface area (TPSA) is 57.7 Å². The maximum absolute atomic E-state index is 12.7. The summed E-state index contributed by atoms with van der Waals surface area (Å²) < 4.78 is 26.0. The minimum Gasteiger partial charge on any atom is -0.340 e. The molecule has 6 heteroatoms. The molecule has 1 unspecified atom stereocenters. The van der Waals surface area contributed by atoms with E-state index < -0.39 is 10.0 Å². The van der Waals surface area contributed by atoms with Gasteiger partial charge in [-0.15, -0.1) is 0 Å². The Balaban J connectivity index is 2.14. The van der Waals surface area contributed by atoms with Crippen LogP contribution in [-0.4, -0.2) is 44.6 Å². The lowest BCUT2D eigenvalue weighted by Gasteiger charge is -2.36. The second-order valence-electron chi connectivity index (χ2n) is 6.71. The summed E-state index contributed by atoms with van der Waals surface area (Å²) in [6.07, 6.45) is 6.40. The zero-order valence-electron chi connectivity index (χ0n) is 15.6. The van der Waals surface area contributed by atoms with Gasteiger partial charge in [-0.25, -0.2) is 8.42 Å². The number of carbonyl (C=O) groups is 1. The quantitative estimate of drug-likeness (QED) is 0.745. The number of likely N-dealkylation sites (tertiary alicyclic amines) is 1. The van der Waals surface area contributed by atoms with Crippen LogP contribution in [0.4, 0.5) is 5.69 Å². The van der Waals surface area contributed by atoms with E-state index in [2.05, 4.69) is 6.92 Å². The predicted molar refractivity (Wildman–Crippen MR) is 102 cm³/mol. The number of nitrogens with zero attached hydrogens (tertiary/aromatic N) is 2.